The minimum Gasteiger partial charge on any atom is -0.373 e. The van der Waals surface area contributed by atoms with E-state index in [1.165, 1.54) is 25.8 Å². The van der Waals surface area contributed by atoms with Crippen molar-refractivity contribution in [2.24, 2.45) is 0 Å². The van der Waals surface area contributed by atoms with Crippen molar-refractivity contribution in [3.63, 3.8) is 0 Å². The Morgan fingerprint density at radius 2 is 2.19 bits per heavy atom. The summed E-state index contributed by atoms with van der Waals surface area (Å²) in [5.41, 5.74) is 0.685. The first-order valence-electron chi connectivity index (χ1n) is 7.88. The van der Waals surface area contributed by atoms with E-state index in [9.17, 15) is 4.79 Å². The third kappa shape index (κ3) is 2.88. The van der Waals surface area contributed by atoms with Crippen LogP contribution in [0.2, 0.25) is 0 Å². The minimum atomic E-state index is 0.114. The van der Waals surface area contributed by atoms with Gasteiger partial charge in [-0.05, 0) is 38.4 Å². The summed E-state index contributed by atoms with van der Waals surface area (Å²) in [6.07, 6.45) is 5.48. The van der Waals surface area contributed by atoms with Crippen molar-refractivity contribution in [2.45, 2.75) is 38.3 Å². The summed E-state index contributed by atoms with van der Waals surface area (Å²) in [5, 5.41) is 2.98. The molecule has 0 saturated carbocycles. The fourth-order valence-electron chi connectivity index (χ4n) is 3.47. The van der Waals surface area contributed by atoms with E-state index in [4.69, 9.17) is 0 Å². The Balaban J connectivity index is 1.73. The van der Waals surface area contributed by atoms with Gasteiger partial charge < -0.3 is 10.2 Å². The lowest BCUT2D eigenvalue weighted by molar-refractivity contribution is 0.0151. The summed E-state index contributed by atoms with van der Waals surface area (Å²) in [7, 11) is 1.83. The van der Waals surface area contributed by atoms with Crippen LogP contribution in [0.25, 0.3) is 0 Å². The van der Waals surface area contributed by atoms with Gasteiger partial charge in [0.1, 0.15) is 5.82 Å². The van der Waals surface area contributed by atoms with Crippen molar-refractivity contribution in [1.82, 2.24) is 14.8 Å². The summed E-state index contributed by atoms with van der Waals surface area (Å²) in [6.45, 7) is 5.19. The molecule has 114 valence electrons. The SMILES string of the molecule is CNc1ccc(C(=O)N2CC3CCCCN3CC2C)cn1. The highest BCUT2D eigenvalue weighted by molar-refractivity contribution is 5.94. The van der Waals surface area contributed by atoms with E-state index >= 15 is 0 Å². The van der Waals surface area contributed by atoms with Gasteiger partial charge in [-0.2, -0.15) is 0 Å². The number of aromatic nitrogens is 1. The number of hydrogen-bond acceptors (Lipinski definition) is 4. The molecule has 1 amide bonds. The number of amides is 1. The molecule has 2 fully saturated rings. The molecule has 3 rings (SSSR count). The molecule has 2 atom stereocenters. The van der Waals surface area contributed by atoms with Crippen LogP contribution in [-0.4, -0.2) is 59.5 Å². The van der Waals surface area contributed by atoms with Gasteiger partial charge in [0.25, 0.3) is 5.91 Å². The Hall–Kier alpha value is -1.62. The van der Waals surface area contributed by atoms with Gasteiger partial charge in [-0.25, -0.2) is 4.98 Å². The first-order valence-corrected chi connectivity index (χ1v) is 7.88. The second-order valence-electron chi connectivity index (χ2n) is 6.13. The second kappa shape index (κ2) is 6.02. The molecule has 2 unspecified atom stereocenters. The summed E-state index contributed by atoms with van der Waals surface area (Å²) in [6, 6.07) is 4.54. The summed E-state index contributed by atoms with van der Waals surface area (Å²) in [4.78, 5) is 21.6. The highest BCUT2D eigenvalue weighted by Gasteiger charge is 2.35. The predicted octanol–water partition coefficient (Wildman–Crippen LogP) is 1.82. The van der Waals surface area contributed by atoms with Crippen LogP contribution in [0.5, 0.6) is 0 Å². The Bertz CT molecular complexity index is 502. The third-order valence-electron chi connectivity index (χ3n) is 4.71. The quantitative estimate of drug-likeness (QED) is 0.902. The van der Waals surface area contributed by atoms with Gasteiger partial charge in [0.2, 0.25) is 0 Å². The van der Waals surface area contributed by atoms with Crippen LogP contribution in [0.15, 0.2) is 18.3 Å². The van der Waals surface area contributed by atoms with E-state index in [0.717, 1.165) is 18.9 Å². The number of piperidine rings is 1. The fourth-order valence-corrected chi connectivity index (χ4v) is 3.47. The predicted molar refractivity (Wildman–Crippen MR) is 83.5 cm³/mol. The zero-order valence-corrected chi connectivity index (χ0v) is 12.9. The molecule has 1 aromatic heterocycles. The number of anilines is 1. The molecule has 0 spiro atoms. The van der Waals surface area contributed by atoms with E-state index in [1.807, 2.05) is 24.1 Å². The number of carbonyl (C=O) groups excluding carboxylic acids is 1. The van der Waals surface area contributed by atoms with E-state index < -0.39 is 0 Å². The van der Waals surface area contributed by atoms with Crippen LogP contribution < -0.4 is 5.32 Å². The Labute approximate surface area is 126 Å². The first-order chi connectivity index (χ1) is 10.2. The maximum absolute atomic E-state index is 12.7. The number of pyridine rings is 1. The van der Waals surface area contributed by atoms with Gasteiger partial charge >= 0.3 is 0 Å². The van der Waals surface area contributed by atoms with Crippen LogP contribution in [0.3, 0.4) is 0 Å². The van der Waals surface area contributed by atoms with Crippen molar-refractivity contribution >= 4 is 11.7 Å². The number of carbonyl (C=O) groups is 1. The smallest absolute Gasteiger partial charge is 0.255 e. The van der Waals surface area contributed by atoms with E-state index in [-0.39, 0.29) is 11.9 Å². The van der Waals surface area contributed by atoms with E-state index in [0.29, 0.717) is 11.6 Å². The summed E-state index contributed by atoms with van der Waals surface area (Å²) in [5.74, 6) is 0.902. The molecule has 5 nitrogen and oxygen atoms in total. The van der Waals surface area contributed by atoms with Gasteiger partial charge in [0.05, 0.1) is 5.56 Å². The normalized spacial score (nSPS) is 26.3. The Morgan fingerprint density at radius 3 is 2.90 bits per heavy atom. The lowest BCUT2D eigenvalue weighted by Crippen LogP contribution is -2.60. The average Bonchev–Trinajstić information content (AvgIpc) is 2.53. The number of hydrogen-bond donors (Lipinski definition) is 1. The number of nitrogens with one attached hydrogen (secondary N) is 1. The molecule has 2 saturated heterocycles. The number of nitrogens with zero attached hydrogens (tertiary/aromatic N) is 3. The van der Waals surface area contributed by atoms with Gasteiger partial charge in [-0.3, -0.25) is 9.69 Å². The molecule has 21 heavy (non-hydrogen) atoms. The molecule has 2 aliphatic heterocycles. The zero-order valence-electron chi connectivity index (χ0n) is 12.9. The lowest BCUT2D eigenvalue weighted by Gasteiger charge is -2.47. The highest BCUT2D eigenvalue weighted by Crippen LogP contribution is 2.25. The van der Waals surface area contributed by atoms with Crippen LogP contribution in [0.1, 0.15) is 36.5 Å². The van der Waals surface area contributed by atoms with Gasteiger partial charge in [-0.1, -0.05) is 6.42 Å². The molecule has 0 aliphatic carbocycles. The molecule has 3 heterocycles. The van der Waals surface area contributed by atoms with E-state index in [1.54, 1.807) is 6.20 Å². The van der Waals surface area contributed by atoms with Gasteiger partial charge in [-0.15, -0.1) is 0 Å². The number of piperazine rings is 1. The van der Waals surface area contributed by atoms with Crippen LogP contribution >= 0.6 is 0 Å². The molecule has 0 aromatic carbocycles. The second-order valence-corrected chi connectivity index (χ2v) is 6.13. The van der Waals surface area contributed by atoms with Crippen LogP contribution in [0.4, 0.5) is 5.82 Å². The molecular weight excluding hydrogens is 264 g/mol. The number of fused-ring (bicyclic) bond motifs is 1. The van der Waals surface area contributed by atoms with Crippen molar-refractivity contribution in [3.8, 4) is 0 Å². The largest absolute Gasteiger partial charge is 0.373 e. The van der Waals surface area contributed by atoms with Gasteiger partial charge in [0.15, 0.2) is 0 Å². The topological polar surface area (TPSA) is 48.5 Å². The molecule has 2 aliphatic rings. The van der Waals surface area contributed by atoms with Crippen molar-refractivity contribution in [1.29, 1.82) is 0 Å². The third-order valence-corrected chi connectivity index (χ3v) is 4.71. The monoisotopic (exact) mass is 288 g/mol. The first kappa shape index (κ1) is 14.3. The van der Waals surface area contributed by atoms with E-state index in [2.05, 4.69) is 22.1 Å². The van der Waals surface area contributed by atoms with Crippen molar-refractivity contribution < 1.29 is 4.79 Å². The Kier molecular flexibility index (Phi) is 4.10. The summed E-state index contributed by atoms with van der Waals surface area (Å²) >= 11 is 0. The Morgan fingerprint density at radius 1 is 1.33 bits per heavy atom. The maximum atomic E-state index is 12.7. The van der Waals surface area contributed by atoms with Crippen molar-refractivity contribution in [3.05, 3.63) is 23.9 Å². The summed E-state index contributed by atoms with van der Waals surface area (Å²) < 4.78 is 0. The molecule has 0 bridgehead atoms. The average molecular weight is 288 g/mol. The lowest BCUT2D eigenvalue weighted by atomic mass is 9.96. The molecule has 1 N–H and O–H groups in total. The van der Waals surface area contributed by atoms with Gasteiger partial charge in [0, 0.05) is 38.4 Å². The van der Waals surface area contributed by atoms with Crippen molar-refractivity contribution in [2.75, 3.05) is 32.0 Å². The standard InChI is InChI=1S/C16H24N4O/c1-12-10-19-8-4-3-5-14(19)11-20(12)16(21)13-6-7-15(17-2)18-9-13/h6-7,9,12,14H,3-5,8,10-11H2,1-2H3,(H,17,18). The number of rotatable bonds is 2. The zero-order chi connectivity index (χ0) is 14.8. The maximum Gasteiger partial charge on any atom is 0.255 e. The molecule has 1 aromatic rings. The molecular formula is C16H24N4O. The molecule has 0 radical (unpaired) electrons. The molecule has 5 heteroatoms. The highest BCUT2D eigenvalue weighted by atomic mass is 16.2. The minimum absolute atomic E-state index is 0.114. The van der Waals surface area contributed by atoms with Crippen LogP contribution in [-0.2, 0) is 0 Å². The fraction of sp³-hybridized carbons (Fsp3) is 0.625. The van der Waals surface area contributed by atoms with Crippen LogP contribution in [0, 0.1) is 0 Å².